The summed E-state index contributed by atoms with van der Waals surface area (Å²) in [6.45, 7) is 12.4. The Balaban J connectivity index is 1.30. The second-order valence-corrected chi connectivity index (χ2v) is 10.4. The maximum Gasteiger partial charge on any atom is 0.228 e. The van der Waals surface area contributed by atoms with Gasteiger partial charge in [0.05, 0.1) is 11.9 Å². The summed E-state index contributed by atoms with van der Waals surface area (Å²) in [5.41, 5.74) is 3.14. The summed E-state index contributed by atoms with van der Waals surface area (Å²) in [6.07, 6.45) is 5.02. The van der Waals surface area contributed by atoms with Crippen LogP contribution in [0.4, 0.5) is 5.82 Å². The van der Waals surface area contributed by atoms with Gasteiger partial charge in [-0.3, -0.25) is 9.48 Å². The number of aryl methyl sites for hydroxylation is 2. The van der Waals surface area contributed by atoms with Crippen molar-refractivity contribution in [3.8, 4) is 11.4 Å². The molecule has 2 aromatic heterocycles. The zero-order chi connectivity index (χ0) is 21.5. The minimum Gasteiger partial charge on any atom is -0.309 e. The fourth-order valence-corrected chi connectivity index (χ4v) is 4.96. The molecule has 7 heteroatoms. The Kier molecular flexibility index (Phi) is 5.66. The van der Waals surface area contributed by atoms with Gasteiger partial charge >= 0.3 is 0 Å². The molecular formula is C23H34N6O. The van der Waals surface area contributed by atoms with Gasteiger partial charge in [-0.2, -0.15) is 5.10 Å². The molecule has 1 N–H and O–H groups in total. The Morgan fingerprint density at radius 2 is 1.87 bits per heavy atom. The van der Waals surface area contributed by atoms with Crippen LogP contribution in [0.5, 0.6) is 0 Å². The predicted octanol–water partition coefficient (Wildman–Crippen LogP) is 3.52. The number of rotatable bonds is 5. The second kappa shape index (κ2) is 8.10. The monoisotopic (exact) mass is 410 g/mol. The first-order valence-electron chi connectivity index (χ1n) is 11.1. The summed E-state index contributed by atoms with van der Waals surface area (Å²) in [7, 11) is 1.89. The lowest BCUT2D eigenvalue weighted by atomic mass is 9.92. The SMILES string of the molecule is Cc1cnn(C)c1-c1ccc(NC(=O)C2CC3CN(CCC(C)(C)C)C[C@H]3C2)nn1. The van der Waals surface area contributed by atoms with Gasteiger partial charge in [-0.1, -0.05) is 20.8 Å². The van der Waals surface area contributed by atoms with Crippen LogP contribution in [0.1, 0.15) is 45.6 Å². The topological polar surface area (TPSA) is 75.9 Å². The Morgan fingerprint density at radius 1 is 1.17 bits per heavy atom. The van der Waals surface area contributed by atoms with E-state index in [9.17, 15) is 4.79 Å². The van der Waals surface area contributed by atoms with Gasteiger partial charge in [0.25, 0.3) is 0 Å². The summed E-state index contributed by atoms with van der Waals surface area (Å²) in [6, 6.07) is 3.72. The Hall–Kier alpha value is -2.28. The molecular weight excluding hydrogens is 376 g/mol. The van der Waals surface area contributed by atoms with Crippen molar-refractivity contribution in [2.75, 3.05) is 25.0 Å². The molecule has 2 unspecified atom stereocenters. The number of nitrogens with zero attached hydrogens (tertiary/aromatic N) is 5. The number of nitrogens with one attached hydrogen (secondary N) is 1. The Bertz CT molecular complexity index is 864. The summed E-state index contributed by atoms with van der Waals surface area (Å²) < 4.78 is 1.79. The van der Waals surface area contributed by atoms with Gasteiger partial charge in [-0.15, -0.1) is 10.2 Å². The van der Waals surface area contributed by atoms with Crippen molar-refractivity contribution in [3.05, 3.63) is 23.9 Å². The van der Waals surface area contributed by atoms with Crippen LogP contribution in [-0.2, 0) is 11.8 Å². The van der Waals surface area contributed by atoms with Crippen molar-refractivity contribution < 1.29 is 4.79 Å². The largest absolute Gasteiger partial charge is 0.309 e. The summed E-state index contributed by atoms with van der Waals surface area (Å²) in [4.78, 5) is 15.4. The summed E-state index contributed by atoms with van der Waals surface area (Å²) in [5, 5.41) is 15.8. The molecule has 0 bridgehead atoms. The van der Waals surface area contributed by atoms with E-state index in [1.807, 2.05) is 32.3 Å². The molecule has 4 rings (SSSR count). The zero-order valence-corrected chi connectivity index (χ0v) is 18.9. The third-order valence-electron chi connectivity index (χ3n) is 6.66. The molecule has 1 amide bonds. The highest BCUT2D eigenvalue weighted by Gasteiger charge is 2.43. The molecule has 1 saturated carbocycles. The molecule has 3 heterocycles. The van der Waals surface area contributed by atoms with Crippen molar-refractivity contribution in [1.82, 2.24) is 24.9 Å². The van der Waals surface area contributed by atoms with Crippen molar-refractivity contribution in [2.24, 2.45) is 30.2 Å². The normalized spacial score (nSPS) is 24.2. The van der Waals surface area contributed by atoms with E-state index in [-0.39, 0.29) is 11.8 Å². The molecule has 1 saturated heterocycles. The van der Waals surface area contributed by atoms with Crippen LogP contribution in [0.2, 0.25) is 0 Å². The van der Waals surface area contributed by atoms with E-state index in [4.69, 9.17) is 0 Å². The van der Waals surface area contributed by atoms with Crippen molar-refractivity contribution >= 4 is 11.7 Å². The standard InChI is InChI=1S/C23H34N6O/c1-15-12-24-28(5)21(15)19-6-7-20(27-26-19)25-22(30)16-10-17-13-29(14-18(17)11-16)9-8-23(2,3)4/h6-7,12,16-18H,8-11,13-14H2,1-5H3,(H,25,27,30)/t16?,17-,18?/m1/s1. The number of aromatic nitrogens is 4. The fraction of sp³-hybridized carbons (Fsp3) is 0.652. The molecule has 0 radical (unpaired) electrons. The van der Waals surface area contributed by atoms with E-state index in [1.54, 1.807) is 4.68 Å². The fourth-order valence-electron chi connectivity index (χ4n) is 4.96. The van der Waals surface area contributed by atoms with Gasteiger partial charge in [0.1, 0.15) is 5.69 Å². The average Bonchev–Trinajstić information content (AvgIpc) is 3.33. The first-order chi connectivity index (χ1) is 14.2. The van der Waals surface area contributed by atoms with Gasteiger partial charge < -0.3 is 10.2 Å². The highest BCUT2D eigenvalue weighted by atomic mass is 16.2. The van der Waals surface area contributed by atoms with Crippen LogP contribution < -0.4 is 5.32 Å². The van der Waals surface area contributed by atoms with Crippen LogP contribution >= 0.6 is 0 Å². The molecule has 1 aliphatic carbocycles. The number of hydrogen-bond donors (Lipinski definition) is 1. The van der Waals surface area contributed by atoms with Gasteiger partial charge in [-0.05, 0) is 67.7 Å². The summed E-state index contributed by atoms with van der Waals surface area (Å²) >= 11 is 0. The molecule has 2 aliphatic rings. The lowest BCUT2D eigenvalue weighted by Crippen LogP contribution is -2.28. The van der Waals surface area contributed by atoms with Gasteiger partial charge in [0.2, 0.25) is 5.91 Å². The highest BCUT2D eigenvalue weighted by molar-refractivity contribution is 5.91. The van der Waals surface area contributed by atoms with Crippen molar-refractivity contribution in [1.29, 1.82) is 0 Å². The molecule has 1 aliphatic heterocycles. The first kappa shape index (κ1) is 21.0. The quantitative estimate of drug-likeness (QED) is 0.816. The summed E-state index contributed by atoms with van der Waals surface area (Å²) in [5.74, 6) is 2.01. The number of hydrogen-bond acceptors (Lipinski definition) is 5. The number of fused-ring (bicyclic) bond motifs is 1. The number of amides is 1. The first-order valence-corrected chi connectivity index (χ1v) is 11.1. The van der Waals surface area contributed by atoms with E-state index in [0.29, 0.717) is 23.1 Å². The van der Waals surface area contributed by atoms with Crippen LogP contribution in [0.15, 0.2) is 18.3 Å². The van der Waals surface area contributed by atoms with Gasteiger partial charge in [-0.25, -0.2) is 0 Å². The van der Waals surface area contributed by atoms with Crippen molar-refractivity contribution in [2.45, 2.75) is 47.0 Å². The molecule has 0 spiro atoms. The second-order valence-electron chi connectivity index (χ2n) is 10.4. The molecule has 7 nitrogen and oxygen atoms in total. The lowest BCUT2D eigenvalue weighted by molar-refractivity contribution is -0.119. The van der Waals surface area contributed by atoms with E-state index >= 15 is 0 Å². The Morgan fingerprint density at radius 3 is 2.40 bits per heavy atom. The minimum atomic E-state index is 0.0874. The molecule has 2 aromatic rings. The van der Waals surface area contributed by atoms with Crippen molar-refractivity contribution in [3.63, 3.8) is 0 Å². The van der Waals surface area contributed by atoms with E-state index in [1.165, 1.54) is 13.0 Å². The predicted molar refractivity (Wildman–Crippen MR) is 118 cm³/mol. The number of carbonyl (C=O) groups excluding carboxylic acids is 1. The third kappa shape index (κ3) is 4.56. The number of likely N-dealkylation sites (tertiary alicyclic amines) is 1. The average molecular weight is 411 g/mol. The van der Waals surface area contributed by atoms with E-state index < -0.39 is 0 Å². The van der Waals surface area contributed by atoms with Crippen LogP contribution in [0.3, 0.4) is 0 Å². The maximum atomic E-state index is 12.8. The Labute approximate surface area is 179 Å². The van der Waals surface area contributed by atoms with E-state index in [2.05, 4.69) is 46.3 Å². The molecule has 3 atom stereocenters. The van der Waals surface area contributed by atoms with Crippen LogP contribution in [0, 0.1) is 30.1 Å². The van der Waals surface area contributed by atoms with Gasteiger partial charge in [0, 0.05) is 26.1 Å². The van der Waals surface area contributed by atoms with Crippen LogP contribution in [0.25, 0.3) is 11.4 Å². The van der Waals surface area contributed by atoms with E-state index in [0.717, 1.165) is 42.9 Å². The maximum absolute atomic E-state index is 12.8. The molecule has 0 aromatic carbocycles. The molecule has 30 heavy (non-hydrogen) atoms. The van der Waals surface area contributed by atoms with Crippen LogP contribution in [-0.4, -0.2) is 50.4 Å². The highest BCUT2D eigenvalue weighted by Crippen LogP contribution is 2.42. The molecule has 2 fully saturated rings. The van der Waals surface area contributed by atoms with Gasteiger partial charge in [0.15, 0.2) is 5.82 Å². The molecule has 162 valence electrons. The minimum absolute atomic E-state index is 0.0874. The lowest BCUT2D eigenvalue weighted by Gasteiger charge is -2.24. The third-order valence-corrected chi connectivity index (χ3v) is 6.66. The number of anilines is 1. The zero-order valence-electron chi connectivity index (χ0n) is 18.9. The number of carbonyl (C=O) groups is 1. The smallest absolute Gasteiger partial charge is 0.228 e.